The lowest BCUT2D eigenvalue weighted by atomic mass is 10.1. The van der Waals surface area contributed by atoms with Crippen molar-refractivity contribution in [3.63, 3.8) is 0 Å². The fourth-order valence-electron chi connectivity index (χ4n) is 3.79. The van der Waals surface area contributed by atoms with Gasteiger partial charge in [-0.15, -0.1) is 0 Å². The van der Waals surface area contributed by atoms with E-state index in [0.29, 0.717) is 38.5 Å². The minimum Gasteiger partial charge on any atom is -0.508 e. The Morgan fingerprint density at radius 3 is 2.54 bits per heavy atom. The Balaban J connectivity index is 1.85. The van der Waals surface area contributed by atoms with Crippen molar-refractivity contribution in [2.75, 3.05) is 32.9 Å². The highest BCUT2D eigenvalue weighted by Gasteiger charge is 2.26. The van der Waals surface area contributed by atoms with Crippen LogP contribution >= 0.6 is 0 Å². The van der Waals surface area contributed by atoms with Crippen LogP contribution in [-0.2, 0) is 4.74 Å². The molecule has 1 aliphatic heterocycles. The van der Waals surface area contributed by atoms with E-state index in [9.17, 15) is 9.90 Å². The molecule has 1 N–H and O–H groups in total. The summed E-state index contributed by atoms with van der Waals surface area (Å²) in [6, 6.07) is 13.0. The highest BCUT2D eigenvalue weighted by molar-refractivity contribution is 6.09. The second-order valence-corrected chi connectivity index (χ2v) is 6.83. The SMILES string of the molecule is CCOc1ccc(-n2c(C)c(C(=O)N3CCOCC3)c3cc(O)ccc32)cc1. The van der Waals surface area contributed by atoms with Crippen LogP contribution in [0.1, 0.15) is 23.0 Å². The zero-order valence-electron chi connectivity index (χ0n) is 16.1. The topological polar surface area (TPSA) is 63.9 Å². The number of nitrogens with zero attached hydrogens (tertiary/aromatic N) is 2. The maximum Gasteiger partial charge on any atom is 0.256 e. The number of phenols is 1. The number of phenolic OH excluding ortho intramolecular Hbond substituents is 1. The first-order chi connectivity index (χ1) is 13.6. The van der Waals surface area contributed by atoms with Crippen LogP contribution in [0.25, 0.3) is 16.6 Å². The molecule has 0 aliphatic carbocycles. The third-order valence-corrected chi connectivity index (χ3v) is 5.11. The number of rotatable bonds is 4. The second kappa shape index (κ2) is 7.56. The van der Waals surface area contributed by atoms with Crippen LogP contribution < -0.4 is 4.74 Å². The molecule has 6 heteroatoms. The third kappa shape index (κ3) is 3.20. The van der Waals surface area contributed by atoms with Gasteiger partial charge in [0.2, 0.25) is 0 Å². The van der Waals surface area contributed by atoms with Crippen molar-refractivity contribution in [2.45, 2.75) is 13.8 Å². The summed E-state index contributed by atoms with van der Waals surface area (Å²) in [7, 11) is 0. The molecule has 0 bridgehead atoms. The van der Waals surface area contributed by atoms with E-state index < -0.39 is 0 Å². The van der Waals surface area contributed by atoms with Gasteiger partial charge in [0.05, 0.1) is 30.9 Å². The number of hydrogen-bond acceptors (Lipinski definition) is 4. The van der Waals surface area contributed by atoms with Crippen molar-refractivity contribution in [1.29, 1.82) is 0 Å². The largest absolute Gasteiger partial charge is 0.508 e. The molecule has 1 saturated heterocycles. The first-order valence-corrected chi connectivity index (χ1v) is 9.54. The van der Waals surface area contributed by atoms with Gasteiger partial charge in [-0.2, -0.15) is 0 Å². The first kappa shape index (κ1) is 18.4. The van der Waals surface area contributed by atoms with Gasteiger partial charge in [-0.3, -0.25) is 4.79 Å². The molecule has 4 rings (SSSR count). The molecule has 0 saturated carbocycles. The van der Waals surface area contributed by atoms with Crippen LogP contribution in [0.3, 0.4) is 0 Å². The molecule has 3 aromatic rings. The van der Waals surface area contributed by atoms with Gasteiger partial charge in [0.1, 0.15) is 11.5 Å². The molecular weight excluding hydrogens is 356 g/mol. The van der Waals surface area contributed by atoms with Crippen molar-refractivity contribution in [1.82, 2.24) is 9.47 Å². The van der Waals surface area contributed by atoms with Gasteiger partial charge in [0.15, 0.2) is 0 Å². The minimum absolute atomic E-state index is 0.0268. The number of benzene rings is 2. The molecule has 0 radical (unpaired) electrons. The molecule has 28 heavy (non-hydrogen) atoms. The van der Waals surface area contributed by atoms with E-state index >= 15 is 0 Å². The number of aromatic hydroxyl groups is 1. The summed E-state index contributed by atoms with van der Waals surface area (Å²) >= 11 is 0. The molecular formula is C22H24N2O4. The maximum absolute atomic E-state index is 13.3. The Hall–Kier alpha value is -2.99. The summed E-state index contributed by atoms with van der Waals surface area (Å²) in [6.45, 7) is 6.76. The molecule has 2 heterocycles. The molecule has 146 valence electrons. The van der Waals surface area contributed by atoms with E-state index in [1.165, 1.54) is 0 Å². The van der Waals surface area contributed by atoms with Gasteiger partial charge >= 0.3 is 0 Å². The predicted molar refractivity (Wildman–Crippen MR) is 108 cm³/mol. The zero-order valence-corrected chi connectivity index (χ0v) is 16.1. The van der Waals surface area contributed by atoms with Crippen LogP contribution in [0.15, 0.2) is 42.5 Å². The highest BCUT2D eigenvalue weighted by Crippen LogP contribution is 2.33. The summed E-state index contributed by atoms with van der Waals surface area (Å²) in [5.74, 6) is 0.927. The van der Waals surface area contributed by atoms with Gasteiger partial charge in [-0.25, -0.2) is 0 Å². The lowest BCUT2D eigenvalue weighted by Crippen LogP contribution is -2.40. The smallest absolute Gasteiger partial charge is 0.256 e. The maximum atomic E-state index is 13.3. The molecule has 1 aliphatic rings. The summed E-state index contributed by atoms with van der Waals surface area (Å²) in [5.41, 5.74) is 3.30. The van der Waals surface area contributed by atoms with Gasteiger partial charge in [0, 0.05) is 29.9 Å². The fraction of sp³-hybridized carbons (Fsp3) is 0.318. The summed E-state index contributed by atoms with van der Waals surface area (Å²) in [6.07, 6.45) is 0. The molecule has 0 unspecified atom stereocenters. The number of aromatic nitrogens is 1. The Kier molecular flexibility index (Phi) is 4.96. The first-order valence-electron chi connectivity index (χ1n) is 9.54. The Bertz CT molecular complexity index is 1000. The molecule has 0 spiro atoms. The van der Waals surface area contributed by atoms with Crippen molar-refractivity contribution in [3.8, 4) is 17.2 Å². The molecule has 1 aromatic heterocycles. The number of carbonyl (C=O) groups excluding carboxylic acids is 1. The molecule has 1 fully saturated rings. The van der Waals surface area contributed by atoms with Crippen molar-refractivity contribution in [3.05, 3.63) is 53.7 Å². The van der Waals surface area contributed by atoms with Gasteiger partial charge in [-0.05, 0) is 56.3 Å². The Morgan fingerprint density at radius 2 is 1.86 bits per heavy atom. The summed E-state index contributed by atoms with van der Waals surface area (Å²) in [4.78, 5) is 15.1. The Morgan fingerprint density at radius 1 is 1.14 bits per heavy atom. The van der Waals surface area contributed by atoms with Crippen molar-refractivity contribution >= 4 is 16.8 Å². The number of amides is 1. The van der Waals surface area contributed by atoms with Crippen molar-refractivity contribution in [2.24, 2.45) is 0 Å². The van der Waals surface area contributed by atoms with Crippen LogP contribution in [-0.4, -0.2) is 53.4 Å². The van der Waals surface area contributed by atoms with Crippen LogP contribution in [0.5, 0.6) is 11.5 Å². The van der Waals surface area contributed by atoms with Gasteiger partial charge in [-0.1, -0.05) is 0 Å². The normalized spacial score (nSPS) is 14.4. The third-order valence-electron chi connectivity index (χ3n) is 5.11. The van der Waals surface area contributed by atoms with Crippen molar-refractivity contribution < 1.29 is 19.4 Å². The highest BCUT2D eigenvalue weighted by atomic mass is 16.5. The average Bonchev–Trinajstić information content (AvgIpc) is 3.00. The number of carbonyl (C=O) groups is 1. The molecule has 0 atom stereocenters. The summed E-state index contributed by atoms with van der Waals surface area (Å²) < 4.78 is 13.0. The molecule has 6 nitrogen and oxygen atoms in total. The fourth-order valence-corrected chi connectivity index (χ4v) is 3.79. The van der Waals surface area contributed by atoms with E-state index in [-0.39, 0.29) is 11.7 Å². The lowest BCUT2D eigenvalue weighted by Gasteiger charge is -2.27. The van der Waals surface area contributed by atoms with E-state index in [0.717, 1.165) is 28.0 Å². The number of fused-ring (bicyclic) bond motifs is 1. The average molecular weight is 380 g/mol. The monoisotopic (exact) mass is 380 g/mol. The van der Waals surface area contributed by atoms with Crippen LogP contribution in [0.2, 0.25) is 0 Å². The lowest BCUT2D eigenvalue weighted by molar-refractivity contribution is 0.0303. The molecule has 1 amide bonds. The zero-order chi connectivity index (χ0) is 19.7. The van der Waals surface area contributed by atoms with Crippen LogP contribution in [0.4, 0.5) is 0 Å². The number of morpholine rings is 1. The molecule has 2 aromatic carbocycles. The quantitative estimate of drug-likeness (QED) is 0.752. The number of ether oxygens (including phenoxy) is 2. The van der Waals surface area contributed by atoms with E-state index in [1.807, 2.05) is 49.1 Å². The minimum atomic E-state index is -0.0268. The standard InChI is InChI=1S/C22H24N2O4/c1-3-28-18-7-4-16(5-8-18)24-15(2)21(19-14-17(25)6-9-20(19)24)22(26)23-10-12-27-13-11-23/h4-9,14,25H,3,10-13H2,1-2H3. The van der Waals surface area contributed by atoms with Gasteiger partial charge in [0.25, 0.3) is 5.91 Å². The van der Waals surface area contributed by atoms with E-state index in [2.05, 4.69) is 4.57 Å². The summed E-state index contributed by atoms with van der Waals surface area (Å²) in [5, 5.41) is 10.8. The number of hydrogen-bond donors (Lipinski definition) is 1. The van der Waals surface area contributed by atoms with Crippen LogP contribution in [0, 0.1) is 6.92 Å². The van der Waals surface area contributed by atoms with Gasteiger partial charge < -0.3 is 24.0 Å². The second-order valence-electron chi connectivity index (χ2n) is 6.83. The van der Waals surface area contributed by atoms with E-state index in [4.69, 9.17) is 9.47 Å². The predicted octanol–water partition coefficient (Wildman–Crippen LogP) is 3.52. The Labute approximate surface area is 163 Å². The van der Waals surface area contributed by atoms with E-state index in [1.54, 1.807) is 12.1 Å².